The van der Waals surface area contributed by atoms with E-state index in [1.807, 2.05) is 39.8 Å². The summed E-state index contributed by atoms with van der Waals surface area (Å²) in [5.41, 5.74) is 0.289. The number of rotatable bonds is 2. The zero-order valence-corrected chi connectivity index (χ0v) is 13.6. The Hall–Kier alpha value is -1.17. The van der Waals surface area contributed by atoms with Crippen molar-refractivity contribution in [2.75, 3.05) is 7.11 Å². The van der Waals surface area contributed by atoms with E-state index in [-0.39, 0.29) is 0 Å². The first-order valence-electron chi connectivity index (χ1n) is 6.87. The number of benzene rings is 1. The molecular formula is C15H18BClO4. The minimum absolute atomic E-state index is 0.433. The molecule has 2 aromatic rings. The Labute approximate surface area is 129 Å². The van der Waals surface area contributed by atoms with E-state index in [0.717, 1.165) is 5.39 Å². The molecule has 1 aliphatic heterocycles. The van der Waals surface area contributed by atoms with Crippen LogP contribution in [0.15, 0.2) is 22.6 Å². The third kappa shape index (κ3) is 2.24. The summed E-state index contributed by atoms with van der Waals surface area (Å²) in [4.78, 5) is 0. The van der Waals surface area contributed by atoms with Crippen molar-refractivity contribution < 1.29 is 18.5 Å². The Kier molecular flexibility index (Phi) is 3.28. The maximum Gasteiger partial charge on any atom is 0.534 e. The number of furan rings is 1. The van der Waals surface area contributed by atoms with Crippen LogP contribution < -0.4 is 10.4 Å². The number of methoxy groups -OCH3 is 1. The largest absolute Gasteiger partial charge is 0.534 e. The van der Waals surface area contributed by atoms with E-state index in [1.165, 1.54) is 0 Å². The molecule has 4 nitrogen and oxygen atoms in total. The van der Waals surface area contributed by atoms with E-state index in [1.54, 1.807) is 13.2 Å². The molecule has 112 valence electrons. The van der Waals surface area contributed by atoms with Gasteiger partial charge >= 0.3 is 7.12 Å². The third-order valence-electron chi connectivity index (χ3n) is 4.33. The van der Waals surface area contributed by atoms with Gasteiger partial charge in [0, 0.05) is 11.5 Å². The predicted octanol–water partition coefficient (Wildman–Crippen LogP) is 3.39. The fraction of sp³-hybridized carbons (Fsp3) is 0.467. The molecule has 1 aliphatic rings. The average Bonchev–Trinajstić information content (AvgIpc) is 2.84. The molecule has 0 unspecified atom stereocenters. The molecule has 1 saturated heterocycles. The molecule has 1 aromatic carbocycles. The standard InChI is InChI=1S/C15H18BClO4/c1-14(2)15(3,4)21-16(20-14)13-12(17)10-7-6-9(18-5)8-11(10)19-13/h6-8H,1-5H3. The normalized spacial score (nSPS) is 20.2. The van der Waals surface area contributed by atoms with Gasteiger partial charge in [-0.25, -0.2) is 0 Å². The molecule has 6 heteroatoms. The van der Waals surface area contributed by atoms with E-state index in [9.17, 15) is 0 Å². The van der Waals surface area contributed by atoms with Gasteiger partial charge < -0.3 is 18.5 Å². The van der Waals surface area contributed by atoms with Crippen LogP contribution in [0, 0.1) is 0 Å². The van der Waals surface area contributed by atoms with Crippen LogP contribution in [0.3, 0.4) is 0 Å². The van der Waals surface area contributed by atoms with Crippen LogP contribution in [0.2, 0.25) is 5.02 Å². The van der Waals surface area contributed by atoms with Crippen molar-refractivity contribution in [2.24, 2.45) is 0 Å². The molecule has 0 aliphatic carbocycles. The number of hydrogen-bond acceptors (Lipinski definition) is 4. The van der Waals surface area contributed by atoms with Gasteiger partial charge in [-0.1, -0.05) is 11.6 Å². The fourth-order valence-corrected chi connectivity index (χ4v) is 2.58. The van der Waals surface area contributed by atoms with E-state index in [4.69, 9.17) is 30.1 Å². The molecule has 0 spiro atoms. The molecular weight excluding hydrogens is 290 g/mol. The monoisotopic (exact) mass is 308 g/mol. The molecule has 2 heterocycles. The number of fused-ring (bicyclic) bond motifs is 1. The summed E-state index contributed by atoms with van der Waals surface area (Å²) in [5.74, 6) is 0.716. The zero-order chi connectivity index (χ0) is 15.4. The van der Waals surface area contributed by atoms with Crippen LogP contribution in [0.1, 0.15) is 27.7 Å². The van der Waals surface area contributed by atoms with Crippen molar-refractivity contribution in [3.8, 4) is 5.75 Å². The van der Waals surface area contributed by atoms with Crippen LogP contribution in [0.5, 0.6) is 5.75 Å². The lowest BCUT2D eigenvalue weighted by atomic mass is 9.86. The summed E-state index contributed by atoms with van der Waals surface area (Å²) in [6.45, 7) is 7.97. The van der Waals surface area contributed by atoms with Crippen molar-refractivity contribution in [3.05, 3.63) is 23.2 Å². The second kappa shape index (κ2) is 4.67. The Morgan fingerprint density at radius 1 is 1.10 bits per heavy atom. The van der Waals surface area contributed by atoms with Crippen molar-refractivity contribution >= 4 is 35.3 Å². The summed E-state index contributed by atoms with van der Waals surface area (Å²) in [6.07, 6.45) is 0. The molecule has 1 aromatic heterocycles. The lowest BCUT2D eigenvalue weighted by Gasteiger charge is -2.32. The number of ether oxygens (including phenoxy) is 1. The van der Waals surface area contributed by atoms with Gasteiger partial charge in [-0.05, 0) is 39.8 Å². The van der Waals surface area contributed by atoms with Gasteiger partial charge in [0.15, 0.2) is 5.66 Å². The zero-order valence-electron chi connectivity index (χ0n) is 12.8. The van der Waals surface area contributed by atoms with Gasteiger partial charge in [-0.15, -0.1) is 0 Å². The first-order valence-corrected chi connectivity index (χ1v) is 7.24. The summed E-state index contributed by atoms with van der Waals surface area (Å²) in [7, 11) is 1.00. The second-order valence-corrected chi connectivity index (χ2v) is 6.61. The highest BCUT2D eigenvalue weighted by Gasteiger charge is 2.53. The summed E-state index contributed by atoms with van der Waals surface area (Å²) in [5, 5.41) is 1.34. The second-order valence-electron chi connectivity index (χ2n) is 6.23. The SMILES string of the molecule is COc1ccc2c(Cl)c(B3OC(C)(C)C(C)(C)O3)oc2c1. The maximum atomic E-state index is 6.42. The average molecular weight is 309 g/mol. The Morgan fingerprint density at radius 2 is 1.71 bits per heavy atom. The molecule has 0 amide bonds. The van der Waals surface area contributed by atoms with Crippen LogP contribution in [0.4, 0.5) is 0 Å². The van der Waals surface area contributed by atoms with E-state index in [2.05, 4.69) is 0 Å². The highest BCUT2D eigenvalue weighted by atomic mass is 35.5. The summed E-state index contributed by atoms with van der Waals surface area (Å²) >= 11 is 6.42. The first-order chi connectivity index (χ1) is 9.75. The van der Waals surface area contributed by atoms with Crippen molar-refractivity contribution in [1.82, 2.24) is 0 Å². The van der Waals surface area contributed by atoms with Crippen molar-refractivity contribution in [1.29, 1.82) is 0 Å². The smallest absolute Gasteiger partial charge is 0.497 e. The van der Waals surface area contributed by atoms with Crippen molar-refractivity contribution in [3.63, 3.8) is 0 Å². The van der Waals surface area contributed by atoms with Crippen LogP contribution >= 0.6 is 11.6 Å². The topological polar surface area (TPSA) is 40.8 Å². The van der Waals surface area contributed by atoms with Crippen molar-refractivity contribution in [2.45, 2.75) is 38.9 Å². The summed E-state index contributed by atoms with van der Waals surface area (Å²) in [6, 6.07) is 5.52. The fourth-order valence-electron chi connectivity index (χ4n) is 2.29. The van der Waals surface area contributed by atoms with Crippen LogP contribution in [0.25, 0.3) is 11.0 Å². The minimum atomic E-state index is -0.610. The Balaban J connectivity index is 2.04. The summed E-state index contributed by atoms with van der Waals surface area (Å²) < 4.78 is 23.0. The molecule has 3 rings (SSSR count). The third-order valence-corrected chi connectivity index (χ3v) is 4.72. The van der Waals surface area contributed by atoms with Gasteiger partial charge in [0.2, 0.25) is 0 Å². The molecule has 21 heavy (non-hydrogen) atoms. The lowest BCUT2D eigenvalue weighted by Crippen LogP contribution is -2.41. The molecule has 0 radical (unpaired) electrons. The predicted molar refractivity (Wildman–Crippen MR) is 83.5 cm³/mol. The quantitative estimate of drug-likeness (QED) is 0.797. The number of hydrogen-bond donors (Lipinski definition) is 0. The lowest BCUT2D eigenvalue weighted by molar-refractivity contribution is 0.00578. The van der Waals surface area contributed by atoms with Gasteiger partial charge in [0.1, 0.15) is 11.3 Å². The first kappa shape index (κ1) is 14.8. The van der Waals surface area contributed by atoms with Gasteiger partial charge in [-0.3, -0.25) is 0 Å². The van der Waals surface area contributed by atoms with E-state index in [0.29, 0.717) is 22.0 Å². The highest BCUT2D eigenvalue weighted by Crippen LogP contribution is 2.38. The molecule has 0 atom stereocenters. The number of halogens is 1. The van der Waals surface area contributed by atoms with E-state index >= 15 is 0 Å². The van der Waals surface area contributed by atoms with Crippen LogP contribution in [-0.4, -0.2) is 25.4 Å². The minimum Gasteiger partial charge on any atom is -0.497 e. The van der Waals surface area contributed by atoms with Gasteiger partial charge in [0.05, 0.1) is 23.3 Å². The Bertz CT molecular complexity index is 676. The molecule has 1 fully saturated rings. The molecule has 0 saturated carbocycles. The maximum absolute atomic E-state index is 6.42. The van der Waals surface area contributed by atoms with Crippen LogP contribution in [-0.2, 0) is 9.31 Å². The Morgan fingerprint density at radius 3 is 2.29 bits per heavy atom. The molecule has 0 N–H and O–H groups in total. The van der Waals surface area contributed by atoms with Gasteiger partial charge in [-0.2, -0.15) is 0 Å². The molecule has 0 bridgehead atoms. The van der Waals surface area contributed by atoms with E-state index < -0.39 is 18.3 Å². The van der Waals surface area contributed by atoms with Gasteiger partial charge in [0.25, 0.3) is 0 Å². The highest BCUT2D eigenvalue weighted by molar-refractivity contribution is 6.65.